The van der Waals surface area contributed by atoms with E-state index in [1.165, 1.54) is 12.1 Å². The first-order valence-electron chi connectivity index (χ1n) is 10.5. The van der Waals surface area contributed by atoms with Crippen molar-refractivity contribution in [3.63, 3.8) is 0 Å². The lowest BCUT2D eigenvalue weighted by Gasteiger charge is -2.20. The third-order valence-electron chi connectivity index (χ3n) is 5.39. The van der Waals surface area contributed by atoms with E-state index >= 15 is 0 Å². The van der Waals surface area contributed by atoms with Gasteiger partial charge in [0.25, 0.3) is 0 Å². The highest BCUT2D eigenvalue weighted by Gasteiger charge is 2.15. The fourth-order valence-corrected chi connectivity index (χ4v) is 3.82. The molecule has 2 heterocycles. The highest BCUT2D eigenvalue weighted by Crippen LogP contribution is 2.25. The van der Waals surface area contributed by atoms with Gasteiger partial charge in [0, 0.05) is 31.1 Å². The summed E-state index contributed by atoms with van der Waals surface area (Å²) in [5, 5.41) is 3.40. The first kappa shape index (κ1) is 21.4. The van der Waals surface area contributed by atoms with E-state index in [4.69, 9.17) is 5.73 Å². The van der Waals surface area contributed by atoms with Gasteiger partial charge >= 0.3 is 5.69 Å². The van der Waals surface area contributed by atoms with Crippen molar-refractivity contribution in [1.29, 1.82) is 0 Å². The van der Waals surface area contributed by atoms with Gasteiger partial charge in [0.15, 0.2) is 0 Å². The summed E-state index contributed by atoms with van der Waals surface area (Å²) in [6.45, 7) is 5.16. The van der Waals surface area contributed by atoms with E-state index in [9.17, 15) is 9.18 Å². The lowest BCUT2D eigenvalue weighted by atomic mass is 10.0. The Balaban J connectivity index is 1.78. The molecule has 4 N–H and O–H groups in total. The van der Waals surface area contributed by atoms with Crippen molar-refractivity contribution in [2.75, 3.05) is 20.1 Å². The molecular weight excluding hydrogens is 407 g/mol. The van der Waals surface area contributed by atoms with Crippen molar-refractivity contribution in [3.8, 4) is 0 Å². The number of aromatic amines is 1. The summed E-state index contributed by atoms with van der Waals surface area (Å²) in [4.78, 5) is 21.8. The van der Waals surface area contributed by atoms with E-state index in [0.29, 0.717) is 23.5 Å². The number of benzene rings is 2. The van der Waals surface area contributed by atoms with Gasteiger partial charge in [-0.25, -0.2) is 9.18 Å². The Morgan fingerprint density at radius 1 is 1.22 bits per heavy atom. The molecule has 1 aliphatic rings. The molecule has 2 aromatic carbocycles. The van der Waals surface area contributed by atoms with Crippen LogP contribution in [0.15, 0.2) is 64.1 Å². The highest BCUT2D eigenvalue weighted by molar-refractivity contribution is 5.91. The molecule has 0 fully saturated rings. The molecule has 0 bridgehead atoms. The predicted octanol–water partition coefficient (Wildman–Crippen LogP) is 3.28. The summed E-state index contributed by atoms with van der Waals surface area (Å²) in [5.74, 6) is -0.324. The van der Waals surface area contributed by atoms with Crippen molar-refractivity contribution in [3.05, 3.63) is 81.8 Å². The van der Waals surface area contributed by atoms with Crippen LogP contribution in [0.1, 0.15) is 31.0 Å². The number of aromatic nitrogens is 2. The SMILES string of the molecule is CC(C)n1c(=O)[nH]c2cc(/C(NCC3=CN(C)CC=N3)=C(/N)c3ccc(F)cc3)ccc21. The van der Waals surface area contributed by atoms with Gasteiger partial charge < -0.3 is 20.9 Å². The van der Waals surface area contributed by atoms with Crippen LogP contribution in [0.2, 0.25) is 0 Å². The second-order valence-electron chi connectivity index (χ2n) is 8.15. The predicted molar refractivity (Wildman–Crippen MR) is 128 cm³/mol. The summed E-state index contributed by atoms with van der Waals surface area (Å²) < 4.78 is 15.2. The van der Waals surface area contributed by atoms with Crippen molar-refractivity contribution in [2.45, 2.75) is 19.9 Å². The maximum atomic E-state index is 13.4. The Kier molecular flexibility index (Phi) is 5.85. The third kappa shape index (κ3) is 4.30. The molecule has 0 unspecified atom stereocenters. The second kappa shape index (κ2) is 8.74. The number of rotatable bonds is 6. The van der Waals surface area contributed by atoms with Crippen LogP contribution in [-0.2, 0) is 0 Å². The second-order valence-corrected chi connectivity index (χ2v) is 8.15. The van der Waals surface area contributed by atoms with Gasteiger partial charge in [-0.15, -0.1) is 0 Å². The molecule has 166 valence electrons. The van der Waals surface area contributed by atoms with Gasteiger partial charge in [-0.1, -0.05) is 6.07 Å². The number of aliphatic imine (C=N–C) groups is 1. The maximum Gasteiger partial charge on any atom is 0.326 e. The minimum absolute atomic E-state index is 0.0348. The quantitative estimate of drug-likeness (QED) is 0.519. The van der Waals surface area contributed by atoms with E-state index < -0.39 is 0 Å². The summed E-state index contributed by atoms with van der Waals surface area (Å²) >= 11 is 0. The van der Waals surface area contributed by atoms with Crippen LogP contribution in [0.5, 0.6) is 0 Å². The summed E-state index contributed by atoms with van der Waals surface area (Å²) in [7, 11) is 1.98. The van der Waals surface area contributed by atoms with Gasteiger partial charge in [0.05, 0.1) is 41.2 Å². The molecule has 0 atom stereocenters. The lowest BCUT2D eigenvalue weighted by molar-refractivity contribution is 0.513. The van der Waals surface area contributed by atoms with E-state index in [-0.39, 0.29) is 17.5 Å². The monoisotopic (exact) mass is 434 g/mol. The third-order valence-corrected chi connectivity index (χ3v) is 5.39. The van der Waals surface area contributed by atoms with Crippen LogP contribution in [0.25, 0.3) is 22.4 Å². The fourth-order valence-electron chi connectivity index (χ4n) is 3.82. The van der Waals surface area contributed by atoms with E-state index in [0.717, 1.165) is 28.8 Å². The summed E-state index contributed by atoms with van der Waals surface area (Å²) in [6.07, 6.45) is 3.83. The zero-order valence-electron chi connectivity index (χ0n) is 18.4. The summed E-state index contributed by atoms with van der Waals surface area (Å²) in [5.41, 5.74) is 11.5. The summed E-state index contributed by atoms with van der Waals surface area (Å²) in [6, 6.07) is 11.8. The number of nitrogens with zero attached hydrogens (tertiary/aromatic N) is 3. The first-order valence-corrected chi connectivity index (χ1v) is 10.5. The number of imidazole rings is 1. The fraction of sp³-hybridized carbons (Fsp3) is 0.250. The average Bonchev–Trinajstić information content (AvgIpc) is 3.09. The number of halogens is 1. The van der Waals surface area contributed by atoms with E-state index in [1.54, 1.807) is 16.7 Å². The van der Waals surface area contributed by atoms with Gasteiger partial charge in [0.2, 0.25) is 0 Å². The lowest BCUT2D eigenvalue weighted by Crippen LogP contribution is -2.24. The van der Waals surface area contributed by atoms with Crippen molar-refractivity contribution < 1.29 is 4.39 Å². The zero-order chi connectivity index (χ0) is 22.8. The maximum absolute atomic E-state index is 13.4. The zero-order valence-corrected chi connectivity index (χ0v) is 18.4. The van der Waals surface area contributed by atoms with E-state index in [1.807, 2.05) is 56.4 Å². The normalized spacial score (nSPS) is 14.7. The van der Waals surface area contributed by atoms with Gasteiger partial charge in [0.1, 0.15) is 5.82 Å². The molecular formula is C24H27FN6O. The molecule has 7 nitrogen and oxygen atoms in total. The molecule has 0 saturated heterocycles. The molecule has 0 amide bonds. The topological polar surface area (TPSA) is 91.4 Å². The Hall–Kier alpha value is -3.81. The van der Waals surface area contributed by atoms with Crippen LogP contribution in [-0.4, -0.2) is 40.8 Å². The van der Waals surface area contributed by atoms with Crippen LogP contribution >= 0.6 is 0 Å². The van der Waals surface area contributed by atoms with Crippen LogP contribution < -0.4 is 16.7 Å². The average molecular weight is 435 g/mol. The molecule has 1 aliphatic heterocycles. The molecule has 32 heavy (non-hydrogen) atoms. The minimum atomic E-state index is -0.324. The number of nitrogens with one attached hydrogen (secondary N) is 2. The largest absolute Gasteiger partial charge is 0.397 e. The number of fused-ring (bicyclic) bond motifs is 1. The van der Waals surface area contributed by atoms with Gasteiger partial charge in [-0.2, -0.15) is 0 Å². The molecule has 1 aromatic heterocycles. The van der Waals surface area contributed by atoms with Crippen molar-refractivity contribution in [1.82, 2.24) is 19.8 Å². The Morgan fingerprint density at radius 2 is 1.94 bits per heavy atom. The molecule has 0 aliphatic carbocycles. The highest BCUT2D eigenvalue weighted by atomic mass is 19.1. The van der Waals surface area contributed by atoms with Crippen molar-refractivity contribution >= 4 is 28.6 Å². The molecule has 4 rings (SSSR count). The Labute approximate surface area is 185 Å². The van der Waals surface area contributed by atoms with Gasteiger partial charge in [-0.3, -0.25) is 9.56 Å². The molecule has 0 spiro atoms. The number of H-pyrrole nitrogens is 1. The van der Waals surface area contributed by atoms with Crippen LogP contribution in [0.3, 0.4) is 0 Å². The minimum Gasteiger partial charge on any atom is -0.397 e. The molecule has 3 aromatic rings. The van der Waals surface area contributed by atoms with E-state index in [2.05, 4.69) is 15.3 Å². The van der Waals surface area contributed by atoms with Gasteiger partial charge in [-0.05, 0) is 55.8 Å². The Morgan fingerprint density at radius 3 is 2.62 bits per heavy atom. The smallest absolute Gasteiger partial charge is 0.326 e. The number of hydrogen-bond donors (Lipinski definition) is 3. The standard InChI is InChI=1S/C24H27FN6O/c1-15(2)31-21-9-6-17(12-20(21)29-24(31)32)23(22(26)16-4-7-18(25)8-5-16)28-13-19-14-30(3)11-10-27-19/h4-10,12,14-15,28H,11,13,26H2,1-3H3,(H,29,32)/b23-22-. The first-order chi connectivity index (χ1) is 15.3. The van der Waals surface area contributed by atoms with Crippen LogP contribution in [0, 0.1) is 5.82 Å². The van der Waals surface area contributed by atoms with Crippen molar-refractivity contribution in [2.24, 2.45) is 10.7 Å². The number of nitrogens with two attached hydrogens (primary N) is 1. The van der Waals surface area contributed by atoms with Crippen LogP contribution in [0.4, 0.5) is 4.39 Å². The Bertz CT molecular complexity index is 1280. The number of hydrogen-bond acceptors (Lipinski definition) is 5. The molecule has 0 saturated carbocycles. The molecule has 8 heteroatoms. The molecule has 0 radical (unpaired) electrons.